The lowest BCUT2D eigenvalue weighted by Crippen LogP contribution is -2.20. The number of carbonyl (C=O) groups excluding carboxylic acids is 1. The molecule has 0 spiro atoms. The van der Waals surface area contributed by atoms with Gasteiger partial charge < -0.3 is 10.7 Å². The number of rotatable bonds is 3. The number of benzene rings is 1. The van der Waals surface area contributed by atoms with Crippen molar-refractivity contribution in [2.45, 2.75) is 6.18 Å². The average Bonchev–Trinajstić information content (AvgIpc) is 2.82. The van der Waals surface area contributed by atoms with Crippen LogP contribution in [0.1, 0.15) is 15.9 Å². The molecule has 2 rings (SSSR count). The van der Waals surface area contributed by atoms with Gasteiger partial charge in [-0.05, 0) is 18.2 Å². The third-order valence-corrected chi connectivity index (χ3v) is 2.81. The molecule has 4 N–H and O–H groups in total. The molecule has 0 aliphatic carbocycles. The molecule has 2 aromatic rings. The van der Waals surface area contributed by atoms with Crippen LogP contribution >= 0.6 is 0 Å². The molecular weight excluding hydrogens is 287 g/mol. The zero-order valence-corrected chi connectivity index (χ0v) is 10.9. The highest BCUT2D eigenvalue weighted by Crippen LogP contribution is 2.31. The van der Waals surface area contributed by atoms with E-state index in [0.29, 0.717) is 5.82 Å². The highest BCUT2D eigenvalue weighted by Gasteiger charge is 2.31. The van der Waals surface area contributed by atoms with E-state index < -0.39 is 17.6 Å². The van der Waals surface area contributed by atoms with E-state index in [-0.39, 0.29) is 11.3 Å². The first-order valence-corrected chi connectivity index (χ1v) is 5.80. The zero-order valence-electron chi connectivity index (χ0n) is 10.9. The summed E-state index contributed by atoms with van der Waals surface area (Å²) in [6.07, 6.45) is -3.10. The molecule has 0 saturated heterocycles. The molecular formula is C12H12F3N5O. The Kier molecular flexibility index (Phi) is 3.85. The lowest BCUT2D eigenvalue weighted by atomic mass is 10.1. The van der Waals surface area contributed by atoms with Gasteiger partial charge in [0.25, 0.3) is 5.91 Å². The second kappa shape index (κ2) is 5.44. The van der Waals surface area contributed by atoms with E-state index in [1.54, 1.807) is 7.05 Å². The number of nitrogen functional groups attached to an aromatic ring is 1. The van der Waals surface area contributed by atoms with Gasteiger partial charge in [0.05, 0.1) is 23.0 Å². The van der Waals surface area contributed by atoms with Crippen LogP contribution in [0.4, 0.5) is 24.7 Å². The molecule has 0 unspecified atom stereocenters. The molecule has 0 saturated carbocycles. The molecule has 0 bridgehead atoms. The van der Waals surface area contributed by atoms with Crippen LogP contribution < -0.4 is 16.6 Å². The third-order valence-electron chi connectivity index (χ3n) is 2.81. The summed E-state index contributed by atoms with van der Waals surface area (Å²) in [4.78, 5) is 12.1. The number of nitrogens with one attached hydrogen (secondary N) is 2. The minimum absolute atomic E-state index is 0.0858. The van der Waals surface area contributed by atoms with Gasteiger partial charge in [-0.2, -0.15) is 18.3 Å². The Morgan fingerprint density at radius 3 is 2.57 bits per heavy atom. The average molecular weight is 299 g/mol. The number of anilines is 2. The summed E-state index contributed by atoms with van der Waals surface area (Å²) in [5, 5.41) is 6.30. The first kappa shape index (κ1) is 14.9. The third kappa shape index (κ3) is 3.14. The Balaban J connectivity index is 2.37. The van der Waals surface area contributed by atoms with Crippen molar-refractivity contribution in [1.29, 1.82) is 0 Å². The Morgan fingerprint density at radius 2 is 2.05 bits per heavy atom. The summed E-state index contributed by atoms with van der Waals surface area (Å²) in [5.74, 6) is 4.85. The van der Waals surface area contributed by atoms with Gasteiger partial charge in [-0.25, -0.2) is 0 Å². The lowest BCUT2D eigenvalue weighted by molar-refractivity contribution is -0.137. The number of halogens is 3. The van der Waals surface area contributed by atoms with Gasteiger partial charge in [0.2, 0.25) is 0 Å². The predicted molar refractivity (Wildman–Crippen MR) is 70.4 cm³/mol. The minimum Gasteiger partial charge on any atom is -0.323 e. The van der Waals surface area contributed by atoms with E-state index in [0.717, 1.165) is 18.2 Å². The molecule has 0 aliphatic heterocycles. The molecule has 112 valence electrons. The Labute approximate surface area is 117 Å². The van der Waals surface area contributed by atoms with Crippen LogP contribution in [0, 0.1) is 0 Å². The van der Waals surface area contributed by atoms with Gasteiger partial charge in [0, 0.05) is 13.1 Å². The van der Waals surface area contributed by atoms with Crippen molar-refractivity contribution in [3.63, 3.8) is 0 Å². The van der Waals surface area contributed by atoms with Crippen LogP contribution in [-0.2, 0) is 13.2 Å². The number of aryl methyl sites for hydroxylation is 1. The fourth-order valence-electron chi connectivity index (χ4n) is 1.71. The van der Waals surface area contributed by atoms with Gasteiger partial charge >= 0.3 is 6.18 Å². The second-order valence-electron chi connectivity index (χ2n) is 4.20. The summed E-state index contributed by atoms with van der Waals surface area (Å²) < 4.78 is 39.5. The SMILES string of the molecule is Cn1nccc1NC(=O)c1cc(C(F)(F)F)ccc1NN. The number of hydrogen-bond donors (Lipinski definition) is 3. The van der Waals surface area contributed by atoms with Crippen LogP contribution in [0.2, 0.25) is 0 Å². The number of carbonyl (C=O) groups is 1. The lowest BCUT2D eigenvalue weighted by Gasteiger charge is -2.13. The van der Waals surface area contributed by atoms with Crippen molar-refractivity contribution >= 4 is 17.4 Å². The van der Waals surface area contributed by atoms with Crippen LogP contribution in [0.15, 0.2) is 30.5 Å². The van der Waals surface area contributed by atoms with Crippen molar-refractivity contribution in [2.24, 2.45) is 12.9 Å². The maximum Gasteiger partial charge on any atom is 0.416 e. The largest absolute Gasteiger partial charge is 0.416 e. The van der Waals surface area contributed by atoms with Gasteiger partial charge in [-0.3, -0.25) is 15.3 Å². The fourth-order valence-corrected chi connectivity index (χ4v) is 1.71. The number of nitrogens with two attached hydrogens (primary N) is 1. The maximum absolute atomic E-state index is 12.7. The van der Waals surface area contributed by atoms with Crippen LogP contribution in [0.3, 0.4) is 0 Å². The highest BCUT2D eigenvalue weighted by atomic mass is 19.4. The molecule has 1 aromatic carbocycles. The number of hydrazine groups is 1. The summed E-state index contributed by atoms with van der Waals surface area (Å²) in [6, 6.07) is 4.19. The first-order chi connectivity index (χ1) is 9.82. The summed E-state index contributed by atoms with van der Waals surface area (Å²) >= 11 is 0. The van der Waals surface area contributed by atoms with Gasteiger partial charge in [0.1, 0.15) is 5.82 Å². The molecule has 6 nitrogen and oxygen atoms in total. The topological polar surface area (TPSA) is 85.0 Å². The van der Waals surface area contributed by atoms with Crippen LogP contribution in [0.25, 0.3) is 0 Å². The fraction of sp³-hybridized carbons (Fsp3) is 0.167. The number of aromatic nitrogens is 2. The van der Waals surface area contributed by atoms with E-state index >= 15 is 0 Å². The molecule has 1 aromatic heterocycles. The first-order valence-electron chi connectivity index (χ1n) is 5.80. The summed E-state index contributed by atoms with van der Waals surface area (Å²) in [5.41, 5.74) is 1.14. The van der Waals surface area contributed by atoms with Crippen LogP contribution in [0.5, 0.6) is 0 Å². The Bertz CT molecular complexity index is 665. The summed E-state index contributed by atoms with van der Waals surface area (Å²) in [7, 11) is 1.59. The molecule has 9 heteroatoms. The van der Waals surface area contributed by atoms with Crippen molar-refractivity contribution in [1.82, 2.24) is 9.78 Å². The number of hydrogen-bond acceptors (Lipinski definition) is 4. The smallest absolute Gasteiger partial charge is 0.323 e. The number of alkyl halides is 3. The van der Waals surface area contributed by atoms with E-state index in [2.05, 4.69) is 15.8 Å². The number of amides is 1. The van der Waals surface area contributed by atoms with E-state index in [1.807, 2.05) is 0 Å². The standard InChI is InChI=1S/C12H12F3N5O/c1-20-10(4-5-17-20)18-11(21)8-6-7(12(13,14)15)2-3-9(8)19-16/h2-6,19H,16H2,1H3,(H,18,21). The molecule has 1 heterocycles. The second-order valence-corrected chi connectivity index (χ2v) is 4.20. The van der Waals surface area contributed by atoms with Gasteiger partial charge in [0.15, 0.2) is 0 Å². The molecule has 1 amide bonds. The molecule has 0 radical (unpaired) electrons. The van der Waals surface area contributed by atoms with Crippen molar-refractivity contribution in [2.75, 3.05) is 10.7 Å². The normalized spacial score (nSPS) is 11.3. The van der Waals surface area contributed by atoms with Crippen LogP contribution in [-0.4, -0.2) is 15.7 Å². The maximum atomic E-state index is 12.7. The van der Waals surface area contributed by atoms with Crippen molar-refractivity contribution in [3.05, 3.63) is 41.6 Å². The minimum atomic E-state index is -4.55. The predicted octanol–water partition coefficient (Wildman–Crippen LogP) is 1.98. The van der Waals surface area contributed by atoms with E-state index in [9.17, 15) is 18.0 Å². The zero-order chi connectivity index (χ0) is 15.6. The van der Waals surface area contributed by atoms with E-state index in [4.69, 9.17) is 5.84 Å². The van der Waals surface area contributed by atoms with Crippen molar-refractivity contribution in [3.8, 4) is 0 Å². The molecule has 0 aliphatic rings. The quantitative estimate of drug-likeness (QED) is 0.597. The van der Waals surface area contributed by atoms with Crippen molar-refractivity contribution < 1.29 is 18.0 Å². The Hall–Kier alpha value is -2.55. The monoisotopic (exact) mass is 299 g/mol. The Morgan fingerprint density at radius 1 is 1.33 bits per heavy atom. The number of nitrogens with zero attached hydrogens (tertiary/aromatic N) is 2. The van der Waals surface area contributed by atoms with Gasteiger partial charge in [-0.15, -0.1) is 0 Å². The molecule has 21 heavy (non-hydrogen) atoms. The summed E-state index contributed by atoms with van der Waals surface area (Å²) in [6.45, 7) is 0. The van der Waals surface area contributed by atoms with Gasteiger partial charge in [-0.1, -0.05) is 0 Å². The van der Waals surface area contributed by atoms with E-state index in [1.165, 1.54) is 16.9 Å². The molecule has 0 atom stereocenters. The highest BCUT2D eigenvalue weighted by molar-refractivity contribution is 6.07. The molecule has 0 fully saturated rings.